The van der Waals surface area contributed by atoms with Gasteiger partial charge in [-0.2, -0.15) is 0 Å². The maximum atomic E-state index is 12.4. The SMILES string of the molecule is CCCc1cc(CC)cc([C@@H](Nc2ccc(C(=N)N)cc2)C(=O)O)c1OC1CCCC1. The molecule has 0 amide bonds. The van der Waals surface area contributed by atoms with Gasteiger partial charge in [0.15, 0.2) is 6.04 Å². The van der Waals surface area contributed by atoms with Crippen LogP contribution in [-0.2, 0) is 17.6 Å². The van der Waals surface area contributed by atoms with Gasteiger partial charge in [0.05, 0.1) is 6.10 Å². The summed E-state index contributed by atoms with van der Waals surface area (Å²) in [6, 6.07) is 10.1. The summed E-state index contributed by atoms with van der Waals surface area (Å²) in [4.78, 5) is 12.4. The number of anilines is 1. The third kappa shape index (κ3) is 5.57. The van der Waals surface area contributed by atoms with Crippen molar-refractivity contribution in [2.45, 2.75) is 70.9 Å². The molecule has 6 nitrogen and oxygen atoms in total. The molecule has 0 aromatic heterocycles. The van der Waals surface area contributed by atoms with Gasteiger partial charge in [-0.1, -0.05) is 26.3 Å². The van der Waals surface area contributed by atoms with Gasteiger partial charge in [-0.15, -0.1) is 0 Å². The number of carboxylic acids is 1. The van der Waals surface area contributed by atoms with Crippen molar-refractivity contribution in [1.29, 1.82) is 5.41 Å². The first-order valence-electron chi connectivity index (χ1n) is 11.2. The van der Waals surface area contributed by atoms with E-state index in [0.717, 1.165) is 61.8 Å². The Balaban J connectivity index is 2.02. The number of aliphatic carboxylic acids is 1. The predicted molar refractivity (Wildman–Crippen MR) is 124 cm³/mol. The topological polar surface area (TPSA) is 108 Å². The standard InChI is InChI=1S/C25H33N3O3/c1-3-7-18-14-16(4-2)15-21(23(18)31-20-8-5-6-9-20)22(25(29)30)28-19-12-10-17(11-13-19)24(26)27/h10-15,20,22,28H,3-9H2,1-2H3,(H3,26,27)(H,29,30)/t22-/m1/s1. The van der Waals surface area contributed by atoms with Gasteiger partial charge >= 0.3 is 5.97 Å². The molecular weight excluding hydrogens is 390 g/mol. The van der Waals surface area contributed by atoms with Gasteiger partial charge in [-0.25, -0.2) is 4.79 Å². The van der Waals surface area contributed by atoms with E-state index in [1.807, 2.05) is 6.07 Å². The van der Waals surface area contributed by atoms with E-state index >= 15 is 0 Å². The number of aryl methyl sites for hydroxylation is 2. The molecular formula is C25H33N3O3. The van der Waals surface area contributed by atoms with Gasteiger partial charge < -0.3 is 20.9 Å². The summed E-state index contributed by atoms with van der Waals surface area (Å²) in [5, 5.41) is 20.8. The number of hydrogen-bond donors (Lipinski definition) is 4. The van der Waals surface area contributed by atoms with Gasteiger partial charge in [-0.05, 0) is 80.0 Å². The van der Waals surface area contributed by atoms with Crippen LogP contribution < -0.4 is 15.8 Å². The van der Waals surface area contributed by atoms with Gasteiger partial charge in [-0.3, -0.25) is 5.41 Å². The summed E-state index contributed by atoms with van der Waals surface area (Å²) >= 11 is 0. The molecule has 3 rings (SSSR count). The van der Waals surface area contributed by atoms with E-state index in [2.05, 4.69) is 25.2 Å². The molecule has 0 saturated heterocycles. The van der Waals surface area contributed by atoms with Crippen molar-refractivity contribution in [2.75, 3.05) is 5.32 Å². The summed E-state index contributed by atoms with van der Waals surface area (Å²) < 4.78 is 6.46. The first-order valence-corrected chi connectivity index (χ1v) is 11.2. The molecule has 1 atom stereocenters. The molecule has 0 aliphatic heterocycles. The number of benzene rings is 2. The second-order valence-corrected chi connectivity index (χ2v) is 8.21. The lowest BCUT2D eigenvalue weighted by atomic mass is 9.95. The molecule has 0 spiro atoms. The number of nitrogens with two attached hydrogens (primary N) is 1. The Kier molecular flexibility index (Phi) is 7.55. The average Bonchev–Trinajstić information content (AvgIpc) is 3.26. The van der Waals surface area contributed by atoms with Crippen LogP contribution in [0, 0.1) is 5.41 Å². The van der Waals surface area contributed by atoms with Crippen LogP contribution in [0.25, 0.3) is 0 Å². The molecule has 1 aliphatic carbocycles. The van der Waals surface area contributed by atoms with E-state index in [0.29, 0.717) is 16.8 Å². The highest BCUT2D eigenvalue weighted by molar-refractivity contribution is 5.95. The summed E-state index contributed by atoms with van der Waals surface area (Å²) in [5.41, 5.74) is 9.66. The van der Waals surface area contributed by atoms with E-state index in [1.54, 1.807) is 24.3 Å². The van der Waals surface area contributed by atoms with Crippen LogP contribution in [0.5, 0.6) is 5.75 Å². The van der Waals surface area contributed by atoms with Crippen LogP contribution in [0.1, 0.15) is 74.2 Å². The maximum Gasteiger partial charge on any atom is 0.330 e. The van der Waals surface area contributed by atoms with Gasteiger partial charge in [0, 0.05) is 16.8 Å². The highest BCUT2D eigenvalue weighted by atomic mass is 16.5. The first kappa shape index (κ1) is 22.7. The van der Waals surface area contributed by atoms with Crippen molar-refractivity contribution in [1.82, 2.24) is 0 Å². The number of amidine groups is 1. The second kappa shape index (κ2) is 10.3. The number of rotatable bonds is 10. The Bertz CT molecular complexity index is 918. The Hall–Kier alpha value is -3.02. The lowest BCUT2D eigenvalue weighted by Gasteiger charge is -2.25. The average molecular weight is 424 g/mol. The van der Waals surface area contributed by atoms with Crippen LogP contribution in [0.15, 0.2) is 36.4 Å². The third-order valence-electron chi connectivity index (χ3n) is 5.83. The highest BCUT2D eigenvalue weighted by Gasteiger charge is 2.28. The van der Waals surface area contributed by atoms with E-state index in [9.17, 15) is 9.90 Å². The molecule has 0 radical (unpaired) electrons. The van der Waals surface area contributed by atoms with Gasteiger partial charge in [0.2, 0.25) is 0 Å². The molecule has 0 bridgehead atoms. The minimum Gasteiger partial charge on any atom is -0.490 e. The molecule has 1 saturated carbocycles. The van der Waals surface area contributed by atoms with Gasteiger partial charge in [0.25, 0.3) is 0 Å². The van der Waals surface area contributed by atoms with Crippen molar-refractivity contribution < 1.29 is 14.6 Å². The molecule has 0 unspecified atom stereocenters. The van der Waals surface area contributed by atoms with Crippen LogP contribution in [-0.4, -0.2) is 23.0 Å². The largest absolute Gasteiger partial charge is 0.490 e. The molecule has 5 N–H and O–H groups in total. The van der Waals surface area contributed by atoms with E-state index < -0.39 is 12.0 Å². The zero-order valence-electron chi connectivity index (χ0n) is 18.4. The van der Waals surface area contributed by atoms with E-state index in [4.69, 9.17) is 15.9 Å². The quantitative estimate of drug-likeness (QED) is 0.316. The number of carbonyl (C=O) groups is 1. The number of hydrogen-bond acceptors (Lipinski definition) is 4. The Labute approximate surface area is 184 Å². The normalized spacial score (nSPS) is 14.9. The maximum absolute atomic E-state index is 12.4. The molecule has 31 heavy (non-hydrogen) atoms. The lowest BCUT2D eigenvalue weighted by Crippen LogP contribution is -2.24. The Morgan fingerprint density at radius 2 is 1.90 bits per heavy atom. The minimum absolute atomic E-state index is 0.0200. The van der Waals surface area contributed by atoms with E-state index in [-0.39, 0.29) is 11.9 Å². The molecule has 166 valence electrons. The zero-order chi connectivity index (χ0) is 22.4. The number of carboxylic acid groups (broad SMARTS) is 1. The van der Waals surface area contributed by atoms with Crippen molar-refractivity contribution in [3.63, 3.8) is 0 Å². The number of nitrogen functional groups attached to an aromatic ring is 1. The van der Waals surface area contributed by atoms with Gasteiger partial charge in [0.1, 0.15) is 11.6 Å². The predicted octanol–water partition coefficient (Wildman–Crippen LogP) is 5.04. The molecule has 1 fully saturated rings. The van der Waals surface area contributed by atoms with Crippen molar-refractivity contribution >= 4 is 17.5 Å². The highest BCUT2D eigenvalue weighted by Crippen LogP contribution is 2.37. The Morgan fingerprint density at radius 3 is 2.45 bits per heavy atom. The number of nitrogens with one attached hydrogen (secondary N) is 2. The molecule has 0 heterocycles. The third-order valence-corrected chi connectivity index (χ3v) is 5.83. The van der Waals surface area contributed by atoms with Crippen molar-refractivity contribution in [3.8, 4) is 5.75 Å². The van der Waals surface area contributed by atoms with Crippen molar-refractivity contribution in [2.24, 2.45) is 5.73 Å². The van der Waals surface area contributed by atoms with Crippen LogP contribution in [0.2, 0.25) is 0 Å². The molecule has 2 aromatic carbocycles. The fourth-order valence-electron chi connectivity index (χ4n) is 4.16. The number of ether oxygens (including phenoxy) is 1. The monoisotopic (exact) mass is 423 g/mol. The fraction of sp³-hybridized carbons (Fsp3) is 0.440. The van der Waals surface area contributed by atoms with Crippen LogP contribution in [0.3, 0.4) is 0 Å². The summed E-state index contributed by atoms with van der Waals surface area (Å²) in [7, 11) is 0. The lowest BCUT2D eigenvalue weighted by molar-refractivity contribution is -0.138. The van der Waals surface area contributed by atoms with Crippen molar-refractivity contribution in [3.05, 3.63) is 58.7 Å². The summed E-state index contributed by atoms with van der Waals surface area (Å²) in [6.45, 7) is 4.21. The van der Waals surface area contributed by atoms with Crippen LogP contribution >= 0.6 is 0 Å². The zero-order valence-corrected chi connectivity index (χ0v) is 18.4. The smallest absolute Gasteiger partial charge is 0.330 e. The summed E-state index contributed by atoms with van der Waals surface area (Å²) in [5.74, 6) is -0.248. The Morgan fingerprint density at radius 1 is 1.23 bits per heavy atom. The second-order valence-electron chi connectivity index (χ2n) is 8.21. The summed E-state index contributed by atoms with van der Waals surface area (Å²) in [6.07, 6.45) is 7.11. The molecule has 2 aromatic rings. The molecule has 1 aliphatic rings. The molecule has 6 heteroatoms. The first-order chi connectivity index (χ1) is 14.9. The minimum atomic E-state index is -0.956. The van der Waals surface area contributed by atoms with Crippen LogP contribution in [0.4, 0.5) is 5.69 Å². The fourth-order valence-corrected chi connectivity index (χ4v) is 4.16. The van der Waals surface area contributed by atoms with E-state index in [1.165, 1.54) is 0 Å².